The molecule has 4 rings (SSSR count). The molecule has 0 aliphatic heterocycles. The summed E-state index contributed by atoms with van der Waals surface area (Å²) in [6, 6.07) is 6.23. The molecule has 1 aliphatic rings. The van der Waals surface area contributed by atoms with Crippen LogP contribution in [0.5, 0.6) is 0 Å². The van der Waals surface area contributed by atoms with Crippen LogP contribution in [0.1, 0.15) is 60.1 Å². The number of ether oxygens (including phenoxy) is 1. The number of thiazole rings is 1. The molecule has 3 aromatic rings. The fraction of sp³-hybridized carbons (Fsp3) is 0.455. The third kappa shape index (κ3) is 3.96. The first-order chi connectivity index (χ1) is 13.5. The Morgan fingerprint density at radius 1 is 1.32 bits per heavy atom. The van der Waals surface area contributed by atoms with Gasteiger partial charge in [0.05, 0.1) is 22.8 Å². The van der Waals surface area contributed by atoms with Crippen LogP contribution in [0.3, 0.4) is 0 Å². The second-order valence-corrected chi connectivity index (χ2v) is 8.97. The standard InChI is InChI=1S/C22H25ClN2O2S/c1-3-27-22(26)20-13(2)24-21(28-20)16-10-15-11-17(25-19(15)18(23)12-16)9-8-14-6-4-5-7-14/h10-12,14,25H,3-9H2,1-2H3. The summed E-state index contributed by atoms with van der Waals surface area (Å²) in [7, 11) is 0. The van der Waals surface area contributed by atoms with Gasteiger partial charge in [-0.25, -0.2) is 9.78 Å². The van der Waals surface area contributed by atoms with Crippen LogP contribution >= 0.6 is 22.9 Å². The van der Waals surface area contributed by atoms with Crippen molar-refractivity contribution >= 4 is 39.8 Å². The normalized spacial score (nSPS) is 14.8. The van der Waals surface area contributed by atoms with Crippen LogP contribution in [-0.2, 0) is 11.2 Å². The van der Waals surface area contributed by atoms with E-state index in [1.165, 1.54) is 49.1 Å². The molecule has 0 atom stereocenters. The van der Waals surface area contributed by atoms with E-state index in [4.69, 9.17) is 16.3 Å². The summed E-state index contributed by atoms with van der Waals surface area (Å²) in [4.78, 5) is 20.7. The Morgan fingerprint density at radius 2 is 2.11 bits per heavy atom. The number of hydrogen-bond donors (Lipinski definition) is 1. The van der Waals surface area contributed by atoms with Crippen molar-refractivity contribution in [3.63, 3.8) is 0 Å². The van der Waals surface area contributed by atoms with E-state index in [-0.39, 0.29) is 5.97 Å². The van der Waals surface area contributed by atoms with E-state index in [0.717, 1.165) is 33.8 Å². The van der Waals surface area contributed by atoms with E-state index in [1.54, 1.807) is 6.92 Å². The number of halogens is 1. The number of aromatic amines is 1. The molecular weight excluding hydrogens is 392 g/mol. The summed E-state index contributed by atoms with van der Waals surface area (Å²) < 4.78 is 5.12. The minimum absolute atomic E-state index is 0.313. The van der Waals surface area contributed by atoms with Gasteiger partial charge in [-0.15, -0.1) is 11.3 Å². The highest BCUT2D eigenvalue weighted by molar-refractivity contribution is 7.17. The highest BCUT2D eigenvalue weighted by Gasteiger charge is 2.19. The fourth-order valence-corrected chi connectivity index (χ4v) is 5.30. The number of fused-ring (bicyclic) bond motifs is 1. The van der Waals surface area contributed by atoms with Gasteiger partial charge in [0.2, 0.25) is 0 Å². The number of hydrogen-bond acceptors (Lipinski definition) is 4. The summed E-state index contributed by atoms with van der Waals surface area (Å²) in [6.07, 6.45) is 7.82. The molecule has 0 unspecified atom stereocenters. The molecule has 1 aromatic carbocycles. The zero-order valence-electron chi connectivity index (χ0n) is 16.3. The van der Waals surface area contributed by atoms with Crippen LogP contribution in [0.25, 0.3) is 21.5 Å². The molecule has 1 saturated carbocycles. The number of aryl methyl sites for hydroxylation is 2. The lowest BCUT2D eigenvalue weighted by Crippen LogP contribution is -2.03. The summed E-state index contributed by atoms with van der Waals surface area (Å²) >= 11 is 7.92. The van der Waals surface area contributed by atoms with Gasteiger partial charge in [0.15, 0.2) is 0 Å². The molecule has 0 spiro atoms. The first-order valence-corrected chi connectivity index (χ1v) is 11.2. The largest absolute Gasteiger partial charge is 0.462 e. The number of carbonyl (C=O) groups is 1. The summed E-state index contributed by atoms with van der Waals surface area (Å²) in [5.74, 6) is 0.559. The molecule has 0 saturated heterocycles. The third-order valence-corrected chi connectivity index (χ3v) is 7.02. The Kier molecular flexibility index (Phi) is 5.74. The third-order valence-electron chi connectivity index (χ3n) is 5.54. The highest BCUT2D eigenvalue weighted by atomic mass is 35.5. The first kappa shape index (κ1) is 19.5. The van der Waals surface area contributed by atoms with Gasteiger partial charge < -0.3 is 9.72 Å². The van der Waals surface area contributed by atoms with E-state index in [2.05, 4.69) is 22.1 Å². The highest BCUT2D eigenvalue weighted by Crippen LogP contribution is 2.35. The topological polar surface area (TPSA) is 55.0 Å². The molecule has 0 radical (unpaired) electrons. The maximum Gasteiger partial charge on any atom is 0.350 e. The van der Waals surface area contributed by atoms with Crippen LogP contribution in [0.15, 0.2) is 18.2 Å². The number of nitrogens with zero attached hydrogens (tertiary/aromatic N) is 1. The molecular formula is C22H25ClN2O2S. The number of esters is 1. The molecule has 0 bridgehead atoms. The van der Waals surface area contributed by atoms with Crippen LogP contribution in [0, 0.1) is 12.8 Å². The van der Waals surface area contributed by atoms with Gasteiger partial charge in [0, 0.05) is 16.6 Å². The number of benzene rings is 1. The number of nitrogens with one attached hydrogen (secondary N) is 1. The van der Waals surface area contributed by atoms with Crippen LogP contribution in [-0.4, -0.2) is 22.5 Å². The van der Waals surface area contributed by atoms with Gasteiger partial charge in [-0.2, -0.15) is 0 Å². The average Bonchev–Trinajstić information content (AvgIpc) is 3.39. The average molecular weight is 417 g/mol. The lowest BCUT2D eigenvalue weighted by Gasteiger charge is -2.06. The Bertz CT molecular complexity index is 1000. The van der Waals surface area contributed by atoms with Gasteiger partial charge in [0.1, 0.15) is 9.88 Å². The summed E-state index contributed by atoms with van der Waals surface area (Å²) in [6.45, 7) is 4.00. The number of H-pyrrole nitrogens is 1. The monoisotopic (exact) mass is 416 g/mol. The van der Waals surface area contributed by atoms with Crippen molar-refractivity contribution in [3.8, 4) is 10.6 Å². The fourth-order valence-electron chi connectivity index (χ4n) is 4.08. The molecule has 2 heterocycles. The van der Waals surface area contributed by atoms with Gasteiger partial charge in [0.25, 0.3) is 0 Å². The first-order valence-electron chi connectivity index (χ1n) is 10.0. The minimum atomic E-state index is -0.313. The second kappa shape index (κ2) is 8.26. The van der Waals surface area contributed by atoms with Gasteiger partial charge >= 0.3 is 5.97 Å². The molecule has 28 heavy (non-hydrogen) atoms. The van der Waals surface area contributed by atoms with Crippen LogP contribution in [0.2, 0.25) is 5.02 Å². The van der Waals surface area contributed by atoms with Gasteiger partial charge in [-0.3, -0.25) is 0 Å². The Hall–Kier alpha value is -1.85. The Morgan fingerprint density at radius 3 is 2.86 bits per heavy atom. The molecule has 1 aliphatic carbocycles. The number of carbonyl (C=O) groups excluding carboxylic acids is 1. The van der Waals surface area contributed by atoms with Gasteiger partial charge in [-0.05, 0) is 50.8 Å². The molecule has 0 amide bonds. The van der Waals surface area contributed by atoms with E-state index in [1.807, 2.05) is 13.0 Å². The molecule has 2 aromatic heterocycles. The molecule has 1 N–H and O–H groups in total. The van der Waals surface area contributed by atoms with Crippen molar-refractivity contribution < 1.29 is 9.53 Å². The minimum Gasteiger partial charge on any atom is -0.462 e. The van der Waals surface area contributed by atoms with Crippen LogP contribution < -0.4 is 0 Å². The molecule has 4 nitrogen and oxygen atoms in total. The summed E-state index contributed by atoms with van der Waals surface area (Å²) in [5, 5.41) is 2.57. The summed E-state index contributed by atoms with van der Waals surface area (Å²) in [5.41, 5.74) is 3.85. The maximum absolute atomic E-state index is 12.1. The van der Waals surface area contributed by atoms with Crippen LogP contribution in [0.4, 0.5) is 0 Å². The molecule has 148 valence electrons. The quantitative estimate of drug-likeness (QED) is 0.463. The van der Waals surface area contributed by atoms with E-state index in [0.29, 0.717) is 22.2 Å². The van der Waals surface area contributed by atoms with Crippen molar-refractivity contribution in [1.29, 1.82) is 0 Å². The maximum atomic E-state index is 12.1. The SMILES string of the molecule is CCOC(=O)c1sc(-c2cc(Cl)c3[nH]c(CCC4CCCC4)cc3c2)nc1C. The Labute approximate surface area is 174 Å². The zero-order valence-corrected chi connectivity index (χ0v) is 17.9. The lowest BCUT2D eigenvalue weighted by molar-refractivity contribution is 0.0531. The predicted octanol–water partition coefficient (Wildman–Crippen LogP) is 6.55. The number of aromatic nitrogens is 2. The van der Waals surface area contributed by atoms with Crippen molar-refractivity contribution in [3.05, 3.63) is 39.5 Å². The van der Waals surface area contributed by atoms with E-state index in [9.17, 15) is 4.79 Å². The van der Waals surface area contributed by atoms with Gasteiger partial charge in [-0.1, -0.05) is 37.3 Å². The Balaban J connectivity index is 1.60. The van der Waals surface area contributed by atoms with Crippen molar-refractivity contribution in [1.82, 2.24) is 9.97 Å². The van der Waals surface area contributed by atoms with Crippen molar-refractivity contribution in [2.75, 3.05) is 6.61 Å². The lowest BCUT2D eigenvalue weighted by atomic mass is 10.0. The molecule has 1 fully saturated rings. The van der Waals surface area contributed by atoms with E-state index < -0.39 is 0 Å². The second-order valence-electron chi connectivity index (χ2n) is 7.56. The number of rotatable bonds is 6. The smallest absolute Gasteiger partial charge is 0.350 e. The van der Waals surface area contributed by atoms with Crippen molar-refractivity contribution in [2.45, 2.75) is 52.4 Å². The molecule has 6 heteroatoms. The zero-order chi connectivity index (χ0) is 19.7. The van der Waals surface area contributed by atoms with Crippen molar-refractivity contribution in [2.24, 2.45) is 5.92 Å². The van der Waals surface area contributed by atoms with E-state index >= 15 is 0 Å². The predicted molar refractivity (Wildman–Crippen MR) is 115 cm³/mol.